The van der Waals surface area contributed by atoms with Crippen LogP contribution in [0, 0.1) is 11.3 Å². The van der Waals surface area contributed by atoms with E-state index in [4.69, 9.17) is 4.74 Å². The number of rotatable bonds is 6. The van der Waals surface area contributed by atoms with E-state index in [9.17, 15) is 4.79 Å². The molecule has 0 aromatic carbocycles. The van der Waals surface area contributed by atoms with Gasteiger partial charge in [0.05, 0.1) is 25.0 Å². The molecule has 1 saturated carbocycles. The van der Waals surface area contributed by atoms with E-state index in [2.05, 4.69) is 40.2 Å². The topological polar surface area (TPSA) is 56.1 Å². The number of nitrogens with zero attached hydrogens (tertiary/aromatic N) is 2. The molecule has 1 atom stereocenters. The second-order valence-electron chi connectivity index (χ2n) is 5.66. The van der Waals surface area contributed by atoms with Gasteiger partial charge in [0.2, 0.25) is 0 Å². The van der Waals surface area contributed by atoms with Crippen LogP contribution < -0.4 is 10.9 Å². The van der Waals surface area contributed by atoms with E-state index in [1.165, 1.54) is 11.1 Å². The molecule has 0 bridgehead atoms. The zero-order valence-electron chi connectivity index (χ0n) is 11.6. The molecule has 0 radical (unpaired) electrons. The third-order valence-electron chi connectivity index (χ3n) is 3.75. The summed E-state index contributed by atoms with van der Waals surface area (Å²) in [6, 6.07) is 0. The third kappa shape index (κ3) is 3.36. The average molecular weight is 330 g/mol. The van der Waals surface area contributed by atoms with Crippen molar-refractivity contribution in [3.63, 3.8) is 0 Å². The molecular weight excluding hydrogens is 310 g/mol. The number of anilines is 1. The van der Waals surface area contributed by atoms with Crippen molar-refractivity contribution in [3.8, 4) is 0 Å². The van der Waals surface area contributed by atoms with E-state index in [0.717, 1.165) is 12.2 Å². The van der Waals surface area contributed by atoms with Crippen LogP contribution in [-0.2, 0) is 11.3 Å². The largest absolute Gasteiger partial charge is 0.383 e. The quantitative estimate of drug-likeness (QED) is 0.868. The molecule has 1 aromatic heterocycles. The smallest absolute Gasteiger partial charge is 0.283 e. The fraction of sp³-hybridized carbons (Fsp3) is 0.692. The van der Waals surface area contributed by atoms with Crippen molar-refractivity contribution in [3.05, 3.63) is 21.0 Å². The van der Waals surface area contributed by atoms with Crippen molar-refractivity contribution in [2.75, 3.05) is 25.6 Å². The summed E-state index contributed by atoms with van der Waals surface area (Å²) in [6.07, 6.45) is 2.92. The zero-order chi connectivity index (χ0) is 14.0. The molecule has 0 spiro atoms. The maximum Gasteiger partial charge on any atom is 0.283 e. The molecule has 6 heteroatoms. The van der Waals surface area contributed by atoms with Crippen molar-refractivity contribution in [2.45, 2.75) is 26.8 Å². The van der Waals surface area contributed by atoms with Crippen molar-refractivity contribution >= 4 is 21.6 Å². The number of aromatic nitrogens is 2. The molecule has 0 amide bonds. The van der Waals surface area contributed by atoms with Crippen LogP contribution in [0.4, 0.5) is 5.69 Å². The Morgan fingerprint density at radius 2 is 2.32 bits per heavy atom. The van der Waals surface area contributed by atoms with Gasteiger partial charge in [-0.2, -0.15) is 5.10 Å². The molecule has 5 nitrogen and oxygen atoms in total. The van der Waals surface area contributed by atoms with E-state index < -0.39 is 0 Å². The van der Waals surface area contributed by atoms with Gasteiger partial charge in [0, 0.05) is 13.7 Å². The number of hydrogen-bond donors (Lipinski definition) is 1. The van der Waals surface area contributed by atoms with Crippen LogP contribution >= 0.6 is 15.9 Å². The standard InChI is InChI=1S/C13H20BrN3O2/c1-13(2)6-9(13)7-15-10-8-16-17(4-5-19-3)12(18)11(10)14/h8-9,15H,4-7H2,1-3H3. The van der Waals surface area contributed by atoms with Gasteiger partial charge in [0.15, 0.2) is 0 Å². The summed E-state index contributed by atoms with van der Waals surface area (Å²) in [7, 11) is 1.60. The highest BCUT2D eigenvalue weighted by molar-refractivity contribution is 9.10. The molecule has 106 valence electrons. The molecule has 1 aromatic rings. The number of hydrogen-bond acceptors (Lipinski definition) is 4. The van der Waals surface area contributed by atoms with Gasteiger partial charge in [-0.05, 0) is 33.7 Å². The minimum atomic E-state index is -0.128. The van der Waals surface area contributed by atoms with Gasteiger partial charge in [0.1, 0.15) is 4.47 Å². The van der Waals surface area contributed by atoms with E-state index in [1.54, 1.807) is 13.3 Å². The summed E-state index contributed by atoms with van der Waals surface area (Å²) in [5, 5.41) is 7.44. The highest BCUT2D eigenvalue weighted by atomic mass is 79.9. The number of nitrogens with one attached hydrogen (secondary N) is 1. The highest BCUT2D eigenvalue weighted by Crippen LogP contribution is 2.51. The first-order valence-electron chi connectivity index (χ1n) is 6.44. The first kappa shape index (κ1) is 14.5. The van der Waals surface area contributed by atoms with E-state index in [-0.39, 0.29) is 5.56 Å². The van der Waals surface area contributed by atoms with Crippen LogP contribution in [0.1, 0.15) is 20.3 Å². The van der Waals surface area contributed by atoms with E-state index in [0.29, 0.717) is 29.0 Å². The first-order valence-corrected chi connectivity index (χ1v) is 7.23. The summed E-state index contributed by atoms with van der Waals surface area (Å²) < 4.78 is 6.89. The molecular formula is C13H20BrN3O2. The SMILES string of the molecule is COCCn1ncc(NCC2CC2(C)C)c(Br)c1=O. The Hall–Kier alpha value is -0.880. The Balaban J connectivity index is 2.02. The summed E-state index contributed by atoms with van der Waals surface area (Å²) >= 11 is 3.35. The Kier molecular flexibility index (Phi) is 4.30. The van der Waals surface area contributed by atoms with E-state index >= 15 is 0 Å². The van der Waals surface area contributed by atoms with Crippen LogP contribution in [-0.4, -0.2) is 30.0 Å². The molecule has 1 unspecified atom stereocenters. The monoisotopic (exact) mass is 329 g/mol. The van der Waals surface area contributed by atoms with Crippen LogP contribution in [0.2, 0.25) is 0 Å². The molecule has 19 heavy (non-hydrogen) atoms. The molecule has 1 aliphatic carbocycles. The van der Waals surface area contributed by atoms with Gasteiger partial charge in [-0.25, -0.2) is 4.68 Å². The second-order valence-corrected chi connectivity index (χ2v) is 6.46. The molecule has 1 N–H and O–H groups in total. The minimum absolute atomic E-state index is 0.128. The minimum Gasteiger partial charge on any atom is -0.383 e. The maximum atomic E-state index is 12.0. The lowest BCUT2D eigenvalue weighted by molar-refractivity contribution is 0.181. The number of methoxy groups -OCH3 is 1. The fourth-order valence-electron chi connectivity index (χ4n) is 2.08. The lowest BCUT2D eigenvalue weighted by atomic mass is 10.1. The molecule has 1 heterocycles. The molecule has 0 aliphatic heterocycles. The highest BCUT2D eigenvalue weighted by Gasteiger charge is 2.45. The van der Waals surface area contributed by atoms with Gasteiger partial charge in [-0.15, -0.1) is 0 Å². The van der Waals surface area contributed by atoms with Gasteiger partial charge >= 0.3 is 0 Å². The van der Waals surface area contributed by atoms with Crippen LogP contribution in [0.15, 0.2) is 15.5 Å². The van der Waals surface area contributed by atoms with Crippen molar-refractivity contribution in [1.29, 1.82) is 0 Å². The normalized spacial score (nSPS) is 20.3. The zero-order valence-corrected chi connectivity index (χ0v) is 13.2. The lowest BCUT2D eigenvalue weighted by Gasteiger charge is -2.11. The average Bonchev–Trinajstić information content (AvgIpc) is 2.98. The van der Waals surface area contributed by atoms with Crippen molar-refractivity contribution in [1.82, 2.24) is 9.78 Å². The Bertz CT molecular complexity index is 513. The maximum absolute atomic E-state index is 12.0. The molecule has 2 rings (SSSR count). The van der Waals surface area contributed by atoms with E-state index in [1.807, 2.05) is 0 Å². The van der Waals surface area contributed by atoms with Crippen molar-refractivity contribution < 1.29 is 4.74 Å². The van der Waals surface area contributed by atoms with Crippen LogP contribution in [0.3, 0.4) is 0 Å². The summed E-state index contributed by atoms with van der Waals surface area (Å²) in [5.41, 5.74) is 1.07. The van der Waals surface area contributed by atoms with Crippen LogP contribution in [0.5, 0.6) is 0 Å². The van der Waals surface area contributed by atoms with Crippen LogP contribution in [0.25, 0.3) is 0 Å². The van der Waals surface area contributed by atoms with Gasteiger partial charge in [-0.1, -0.05) is 13.8 Å². The fourth-order valence-corrected chi connectivity index (χ4v) is 2.53. The second kappa shape index (κ2) is 5.63. The van der Waals surface area contributed by atoms with Gasteiger partial charge in [-0.3, -0.25) is 4.79 Å². The number of ether oxygens (including phenoxy) is 1. The molecule has 0 saturated heterocycles. The molecule has 1 fully saturated rings. The predicted octanol–water partition coefficient (Wildman–Crippen LogP) is 2.11. The third-order valence-corrected chi connectivity index (χ3v) is 4.51. The summed E-state index contributed by atoms with van der Waals surface area (Å²) in [6.45, 7) is 6.34. The van der Waals surface area contributed by atoms with Gasteiger partial charge in [0.25, 0.3) is 5.56 Å². The summed E-state index contributed by atoms with van der Waals surface area (Å²) in [5.74, 6) is 0.676. The Morgan fingerprint density at radius 1 is 1.63 bits per heavy atom. The Labute approximate surface area is 121 Å². The Morgan fingerprint density at radius 3 is 2.89 bits per heavy atom. The predicted molar refractivity (Wildman–Crippen MR) is 78.5 cm³/mol. The van der Waals surface area contributed by atoms with Gasteiger partial charge < -0.3 is 10.1 Å². The summed E-state index contributed by atoms with van der Waals surface area (Å²) in [4.78, 5) is 12.0. The van der Waals surface area contributed by atoms with Crippen molar-refractivity contribution in [2.24, 2.45) is 11.3 Å². The lowest BCUT2D eigenvalue weighted by Crippen LogP contribution is -2.26. The number of halogens is 1. The molecule has 1 aliphatic rings. The first-order chi connectivity index (χ1) is 8.95.